The van der Waals surface area contributed by atoms with Crippen LogP contribution in [-0.4, -0.2) is 96.8 Å². The number of H-pyrrole nitrogens is 1. The van der Waals surface area contributed by atoms with Crippen molar-refractivity contribution in [1.29, 1.82) is 0 Å². The zero-order valence-electron chi connectivity index (χ0n) is 24.4. The zero-order valence-corrected chi connectivity index (χ0v) is 24.4. The monoisotopic (exact) mass is 532 g/mol. The first-order chi connectivity index (χ1) is 18.8. The van der Waals surface area contributed by atoms with Gasteiger partial charge in [-0.2, -0.15) is 14.5 Å². The van der Waals surface area contributed by atoms with Crippen molar-refractivity contribution in [3.05, 3.63) is 47.3 Å². The van der Waals surface area contributed by atoms with E-state index < -0.39 is 21.9 Å². The first kappa shape index (κ1) is 27.1. The first-order valence-electron chi connectivity index (χ1n) is 14.2. The number of nitrogens with one attached hydrogen (secondary N) is 3. The standard InChI is InChI=1S/C23H32B7FN8O/c24-20(18(40)33-11-6-7-15(31)32-9-11)21(25,26)22(27,28)23(29,30)39(20)19-34-13-3-1-2-12(13)17(36-19)35-16-8-14(37-38-16)10-4-5-10/h6-10H,1-5,24-30H2,(H,33,40)(H2,34,35,36,37,38). The second-order valence-corrected chi connectivity index (χ2v) is 13.3. The lowest BCUT2D eigenvalue weighted by atomic mass is 9.19. The summed E-state index contributed by atoms with van der Waals surface area (Å²) in [4.78, 5) is 30.4. The van der Waals surface area contributed by atoms with E-state index in [-0.39, 0.29) is 11.1 Å². The Bertz CT molecular complexity index is 1500. The van der Waals surface area contributed by atoms with Gasteiger partial charge in [0, 0.05) is 23.2 Å². The van der Waals surface area contributed by atoms with Crippen molar-refractivity contribution in [1.82, 2.24) is 25.1 Å². The number of hydrogen-bond donors (Lipinski definition) is 3. The molecule has 2 aliphatic carbocycles. The first-order valence-corrected chi connectivity index (χ1v) is 14.2. The number of aromatic amines is 1. The molecule has 1 unspecified atom stereocenters. The number of fused-ring (bicyclic) bond motifs is 1. The maximum atomic E-state index is 14.3. The number of aromatic nitrogens is 5. The maximum Gasteiger partial charge on any atom is 0.240 e. The number of hydrogen-bond acceptors (Lipinski definition) is 7. The van der Waals surface area contributed by atoms with Crippen LogP contribution in [-0.2, 0) is 17.6 Å². The summed E-state index contributed by atoms with van der Waals surface area (Å²) in [5, 5.41) is 12.8. The van der Waals surface area contributed by atoms with Crippen LogP contribution in [0.1, 0.15) is 42.1 Å². The second kappa shape index (κ2) is 8.95. The van der Waals surface area contributed by atoms with Gasteiger partial charge in [0.25, 0.3) is 0 Å². The predicted molar refractivity (Wildman–Crippen MR) is 174 cm³/mol. The molecule has 17 heteroatoms. The molecule has 2 fully saturated rings. The largest absolute Gasteiger partial charge is 0.346 e. The van der Waals surface area contributed by atoms with E-state index in [1.54, 1.807) is 0 Å². The summed E-state index contributed by atoms with van der Waals surface area (Å²) in [5.41, 5.74) is 2.64. The summed E-state index contributed by atoms with van der Waals surface area (Å²) in [7, 11) is 15.0. The summed E-state index contributed by atoms with van der Waals surface area (Å²) in [6.45, 7) is 0. The summed E-state index contributed by atoms with van der Waals surface area (Å²) in [5.74, 6) is 1.76. The van der Waals surface area contributed by atoms with E-state index in [4.69, 9.17) is 9.97 Å². The molecule has 9 nitrogen and oxygen atoms in total. The van der Waals surface area contributed by atoms with Gasteiger partial charge in [0.15, 0.2) is 5.82 Å². The zero-order chi connectivity index (χ0) is 28.7. The van der Waals surface area contributed by atoms with E-state index in [9.17, 15) is 9.18 Å². The van der Waals surface area contributed by atoms with Crippen molar-refractivity contribution in [3.8, 4) is 0 Å². The maximum absolute atomic E-state index is 14.3. The molecule has 1 aliphatic heterocycles. The second-order valence-electron chi connectivity index (χ2n) is 13.3. The molecule has 3 aromatic heterocycles. The Kier molecular flexibility index (Phi) is 6.06. The molecule has 1 amide bonds. The highest BCUT2D eigenvalue weighted by molar-refractivity contribution is 6.68. The highest BCUT2D eigenvalue weighted by Crippen LogP contribution is 2.65. The van der Waals surface area contributed by atoms with E-state index in [1.807, 2.05) is 7.85 Å². The Hall–Kier alpha value is -3.11. The van der Waals surface area contributed by atoms with Gasteiger partial charge in [0.2, 0.25) is 17.8 Å². The molecule has 0 bridgehead atoms. The fourth-order valence-corrected chi connectivity index (χ4v) is 6.78. The van der Waals surface area contributed by atoms with E-state index in [0.717, 1.165) is 47.8 Å². The molecular formula is C23H32B7FN8O. The van der Waals surface area contributed by atoms with Crippen LogP contribution in [0, 0.1) is 5.95 Å². The number of amides is 1. The smallest absolute Gasteiger partial charge is 0.240 e. The summed E-state index contributed by atoms with van der Waals surface area (Å²) >= 11 is 0. The number of aryl methyl sites for hydroxylation is 1. The molecule has 198 valence electrons. The summed E-state index contributed by atoms with van der Waals surface area (Å²) < 4.78 is 13.5. The third kappa shape index (κ3) is 3.86. The molecule has 4 heterocycles. The lowest BCUT2D eigenvalue weighted by Gasteiger charge is -2.47. The van der Waals surface area contributed by atoms with Gasteiger partial charge in [0.05, 0.1) is 38.7 Å². The SMILES string of the molecule is BC1(B)N(c2nc3c(c(Nc4cc(C5CC5)[nH]n4)n2)CCC3)C(B)(C(=O)Nc2ccc(F)nc2)C(B)(B)C1(B)B. The van der Waals surface area contributed by atoms with Crippen LogP contribution in [0.15, 0.2) is 24.4 Å². The van der Waals surface area contributed by atoms with Crippen LogP contribution in [0.4, 0.5) is 27.7 Å². The number of carbonyl (C=O) groups is 1. The fraction of sp³-hybridized carbons (Fsp3) is 0.435. The normalized spacial score (nSPS) is 24.0. The van der Waals surface area contributed by atoms with E-state index in [0.29, 0.717) is 17.6 Å². The lowest BCUT2D eigenvalue weighted by Crippen LogP contribution is -2.65. The van der Waals surface area contributed by atoms with E-state index >= 15 is 0 Å². The quantitative estimate of drug-likeness (QED) is 0.222. The van der Waals surface area contributed by atoms with Crippen molar-refractivity contribution in [2.75, 3.05) is 15.5 Å². The van der Waals surface area contributed by atoms with Gasteiger partial charge in [-0.15, -0.1) is 0 Å². The van der Waals surface area contributed by atoms with Crippen LogP contribution in [0.25, 0.3) is 0 Å². The fourth-order valence-electron chi connectivity index (χ4n) is 6.78. The molecule has 0 radical (unpaired) electrons. The summed E-state index contributed by atoms with van der Waals surface area (Å²) in [6, 6.07) is 4.84. The number of pyridine rings is 1. The van der Waals surface area contributed by atoms with Crippen molar-refractivity contribution in [2.24, 2.45) is 0 Å². The Balaban J connectivity index is 1.45. The van der Waals surface area contributed by atoms with Crippen LogP contribution >= 0.6 is 0 Å². The van der Waals surface area contributed by atoms with Gasteiger partial charge in [-0.1, -0.05) is 10.4 Å². The van der Waals surface area contributed by atoms with Gasteiger partial charge in [0.1, 0.15) is 45.0 Å². The van der Waals surface area contributed by atoms with Gasteiger partial charge in [-0.3, -0.25) is 9.89 Å². The molecule has 3 aliphatic rings. The number of nitrogens with zero attached hydrogens (tertiary/aromatic N) is 5. The Morgan fingerprint density at radius 3 is 2.48 bits per heavy atom. The van der Waals surface area contributed by atoms with Gasteiger partial charge >= 0.3 is 0 Å². The van der Waals surface area contributed by atoms with Crippen molar-refractivity contribution < 1.29 is 9.18 Å². The number of carbonyl (C=O) groups excluding carboxylic acids is 1. The number of rotatable bonds is 6. The summed E-state index contributed by atoms with van der Waals surface area (Å²) in [6.07, 6.45) is 6.49. The molecule has 1 atom stereocenters. The number of anilines is 4. The predicted octanol–water partition coefficient (Wildman–Crippen LogP) is -3.68. The minimum atomic E-state index is -1.07. The van der Waals surface area contributed by atoms with Crippen LogP contribution in [0.3, 0.4) is 0 Å². The average Bonchev–Trinajstić information content (AvgIpc) is 3.42. The minimum absolute atomic E-state index is 0.218. The molecule has 1 saturated heterocycles. The lowest BCUT2D eigenvalue weighted by molar-refractivity contribution is -0.118. The van der Waals surface area contributed by atoms with Crippen molar-refractivity contribution in [3.63, 3.8) is 0 Å². The number of halogens is 1. The topological polar surface area (TPSA) is 112 Å². The highest BCUT2D eigenvalue weighted by atomic mass is 19.1. The third-order valence-electron chi connectivity index (χ3n) is 10.7. The van der Waals surface area contributed by atoms with E-state index in [1.165, 1.54) is 31.2 Å². The van der Waals surface area contributed by atoms with Crippen LogP contribution < -0.4 is 15.5 Å². The van der Waals surface area contributed by atoms with Crippen molar-refractivity contribution in [2.45, 2.75) is 59.2 Å². The van der Waals surface area contributed by atoms with Gasteiger partial charge < -0.3 is 15.5 Å². The average molecular weight is 531 g/mol. The highest BCUT2D eigenvalue weighted by Gasteiger charge is 2.70. The third-order valence-corrected chi connectivity index (χ3v) is 10.7. The molecule has 0 aromatic carbocycles. The van der Waals surface area contributed by atoms with Crippen LogP contribution in [0.2, 0.25) is 10.4 Å². The molecule has 3 aromatic rings. The van der Waals surface area contributed by atoms with Gasteiger partial charge in [-0.25, -0.2) is 9.97 Å². The molecule has 1 saturated carbocycles. The molecule has 0 spiro atoms. The van der Waals surface area contributed by atoms with E-state index in [2.05, 4.69) is 83.9 Å². The van der Waals surface area contributed by atoms with Crippen molar-refractivity contribution >= 4 is 84.1 Å². The Morgan fingerprint density at radius 1 is 1.05 bits per heavy atom. The molecule has 40 heavy (non-hydrogen) atoms. The Morgan fingerprint density at radius 2 is 1.80 bits per heavy atom. The molecule has 6 rings (SSSR count). The Labute approximate surface area is 240 Å². The molecular weight excluding hydrogens is 499 g/mol. The van der Waals surface area contributed by atoms with Crippen LogP contribution in [0.5, 0.6) is 0 Å². The molecule has 3 N–H and O–H groups in total. The minimum Gasteiger partial charge on any atom is -0.346 e. The van der Waals surface area contributed by atoms with Gasteiger partial charge in [-0.05, 0) is 49.6 Å².